The first-order valence-electron chi connectivity index (χ1n) is 6.38. The number of hydrogen-bond acceptors (Lipinski definition) is 5. The molecule has 0 amide bonds. The first-order chi connectivity index (χ1) is 8.29. The third kappa shape index (κ3) is 3.66. The summed E-state index contributed by atoms with van der Waals surface area (Å²) in [5, 5.41) is 6.69. The highest BCUT2D eigenvalue weighted by molar-refractivity contribution is 7.13. The van der Waals surface area contributed by atoms with Crippen LogP contribution in [0.4, 0.5) is 5.13 Å². The molecule has 0 aromatic carbocycles. The molecule has 1 N–H and O–H groups in total. The molecule has 2 rings (SSSR count). The van der Waals surface area contributed by atoms with Gasteiger partial charge < -0.3 is 10.2 Å². The van der Waals surface area contributed by atoms with Crippen LogP contribution in [0.1, 0.15) is 12.6 Å². The van der Waals surface area contributed by atoms with Gasteiger partial charge in [0.1, 0.15) is 0 Å². The zero-order chi connectivity index (χ0) is 12.1. The van der Waals surface area contributed by atoms with Crippen LogP contribution in [0.25, 0.3) is 0 Å². The molecule has 0 spiro atoms. The Hall–Kier alpha value is -0.650. The quantitative estimate of drug-likeness (QED) is 0.851. The van der Waals surface area contributed by atoms with Gasteiger partial charge in [-0.3, -0.25) is 4.90 Å². The van der Waals surface area contributed by atoms with Crippen molar-refractivity contribution in [2.24, 2.45) is 0 Å². The summed E-state index contributed by atoms with van der Waals surface area (Å²) in [6.07, 6.45) is 1.03. The molecule has 1 saturated heterocycles. The van der Waals surface area contributed by atoms with Gasteiger partial charge in [0, 0.05) is 51.7 Å². The Kier molecular flexibility index (Phi) is 4.76. The highest BCUT2D eigenvalue weighted by atomic mass is 32.1. The third-order valence-electron chi connectivity index (χ3n) is 3.19. The highest BCUT2D eigenvalue weighted by Gasteiger charge is 2.11. The Bertz CT molecular complexity index is 333. The highest BCUT2D eigenvalue weighted by Crippen LogP contribution is 2.19. The molecular formula is C12H22N4S. The molecule has 1 fully saturated rings. The molecule has 0 atom stereocenters. The minimum absolute atomic E-state index is 1.03. The van der Waals surface area contributed by atoms with Crippen molar-refractivity contribution in [3.63, 3.8) is 0 Å². The Balaban J connectivity index is 1.77. The van der Waals surface area contributed by atoms with E-state index in [4.69, 9.17) is 0 Å². The normalized spacial score (nSPS) is 17.3. The number of likely N-dealkylation sites (N-methyl/N-ethyl adjacent to an activating group) is 1. The summed E-state index contributed by atoms with van der Waals surface area (Å²) in [6, 6.07) is 0. The number of aryl methyl sites for hydroxylation is 1. The van der Waals surface area contributed by atoms with Crippen LogP contribution < -0.4 is 10.2 Å². The van der Waals surface area contributed by atoms with Crippen molar-refractivity contribution in [2.75, 3.05) is 51.2 Å². The van der Waals surface area contributed by atoms with Crippen molar-refractivity contribution < 1.29 is 0 Å². The molecule has 1 aliphatic rings. The van der Waals surface area contributed by atoms with E-state index in [0.29, 0.717) is 0 Å². The first kappa shape index (κ1) is 12.8. The van der Waals surface area contributed by atoms with E-state index in [1.807, 2.05) is 0 Å². The van der Waals surface area contributed by atoms with Crippen molar-refractivity contribution in [3.05, 3.63) is 11.1 Å². The molecule has 0 bridgehead atoms. The number of nitrogens with one attached hydrogen (secondary N) is 1. The molecule has 0 saturated carbocycles. The largest absolute Gasteiger partial charge is 0.350 e. The molecule has 2 heterocycles. The predicted octanol–water partition coefficient (Wildman–Crippen LogP) is 1.05. The van der Waals surface area contributed by atoms with E-state index in [9.17, 15) is 0 Å². The molecule has 1 aromatic rings. The van der Waals surface area contributed by atoms with Crippen LogP contribution in [0.5, 0.6) is 0 Å². The van der Waals surface area contributed by atoms with Gasteiger partial charge in [0.25, 0.3) is 0 Å². The van der Waals surface area contributed by atoms with Crippen molar-refractivity contribution >= 4 is 16.5 Å². The fourth-order valence-corrected chi connectivity index (χ4v) is 2.86. The van der Waals surface area contributed by atoms with Crippen LogP contribution >= 0.6 is 11.3 Å². The summed E-state index contributed by atoms with van der Waals surface area (Å²) in [7, 11) is 2.14. The molecule has 0 radical (unpaired) electrons. The summed E-state index contributed by atoms with van der Waals surface area (Å²) in [5.41, 5.74) is 1.21. The maximum Gasteiger partial charge on any atom is 0.185 e. The molecule has 0 aliphatic carbocycles. The van der Waals surface area contributed by atoms with Gasteiger partial charge in [-0.1, -0.05) is 6.92 Å². The second kappa shape index (κ2) is 6.33. The standard InChI is InChI=1S/C12H22N4S/c1-3-11-10-17-12(14-11)15(2)8-9-16-6-4-13-5-7-16/h10,13H,3-9H2,1-2H3. The van der Waals surface area contributed by atoms with Crippen LogP contribution in [-0.4, -0.2) is 56.2 Å². The minimum atomic E-state index is 1.03. The lowest BCUT2D eigenvalue weighted by atomic mass is 10.3. The van der Waals surface area contributed by atoms with Crippen molar-refractivity contribution in [2.45, 2.75) is 13.3 Å². The second-order valence-corrected chi connectivity index (χ2v) is 5.32. The van der Waals surface area contributed by atoms with E-state index in [0.717, 1.165) is 37.7 Å². The summed E-state index contributed by atoms with van der Waals surface area (Å²) in [6.45, 7) is 8.95. The number of thiazole rings is 1. The molecule has 4 nitrogen and oxygen atoms in total. The van der Waals surface area contributed by atoms with E-state index in [2.05, 4.69) is 39.5 Å². The first-order valence-corrected chi connectivity index (χ1v) is 7.26. The molecule has 1 aromatic heterocycles. The topological polar surface area (TPSA) is 31.4 Å². The maximum absolute atomic E-state index is 4.61. The van der Waals surface area contributed by atoms with Gasteiger partial charge in [0.2, 0.25) is 0 Å². The number of aromatic nitrogens is 1. The third-order valence-corrected chi connectivity index (χ3v) is 4.19. The van der Waals surface area contributed by atoms with Gasteiger partial charge in [-0.05, 0) is 6.42 Å². The zero-order valence-corrected chi connectivity index (χ0v) is 11.6. The molecule has 17 heavy (non-hydrogen) atoms. The van der Waals surface area contributed by atoms with Gasteiger partial charge >= 0.3 is 0 Å². The lowest BCUT2D eigenvalue weighted by Crippen LogP contribution is -2.46. The number of hydrogen-bond donors (Lipinski definition) is 1. The van der Waals surface area contributed by atoms with Crippen LogP contribution in [0.15, 0.2) is 5.38 Å². The Morgan fingerprint density at radius 1 is 1.47 bits per heavy atom. The minimum Gasteiger partial charge on any atom is -0.350 e. The van der Waals surface area contributed by atoms with Crippen molar-refractivity contribution in [1.29, 1.82) is 0 Å². The summed E-state index contributed by atoms with van der Waals surface area (Å²) >= 11 is 1.75. The van der Waals surface area contributed by atoms with Crippen molar-refractivity contribution in [3.8, 4) is 0 Å². The van der Waals surface area contributed by atoms with Gasteiger partial charge in [-0.15, -0.1) is 11.3 Å². The van der Waals surface area contributed by atoms with Crippen LogP contribution in [0.3, 0.4) is 0 Å². The summed E-state index contributed by atoms with van der Waals surface area (Å²) in [4.78, 5) is 9.39. The van der Waals surface area contributed by atoms with E-state index < -0.39 is 0 Å². The number of piperazine rings is 1. The van der Waals surface area contributed by atoms with Gasteiger partial charge in [0.05, 0.1) is 5.69 Å². The lowest BCUT2D eigenvalue weighted by molar-refractivity contribution is 0.246. The smallest absolute Gasteiger partial charge is 0.185 e. The summed E-state index contributed by atoms with van der Waals surface area (Å²) < 4.78 is 0. The van der Waals surface area contributed by atoms with E-state index in [-0.39, 0.29) is 0 Å². The fourth-order valence-electron chi connectivity index (χ4n) is 1.96. The molecule has 96 valence electrons. The predicted molar refractivity (Wildman–Crippen MR) is 74.1 cm³/mol. The van der Waals surface area contributed by atoms with E-state index in [1.165, 1.54) is 18.8 Å². The SMILES string of the molecule is CCc1csc(N(C)CCN2CCNCC2)n1. The maximum atomic E-state index is 4.61. The Morgan fingerprint density at radius 2 is 2.24 bits per heavy atom. The Labute approximate surface area is 108 Å². The lowest BCUT2D eigenvalue weighted by Gasteiger charge is -2.28. The monoisotopic (exact) mass is 254 g/mol. The van der Waals surface area contributed by atoms with Crippen LogP contribution in [-0.2, 0) is 6.42 Å². The molecule has 5 heteroatoms. The van der Waals surface area contributed by atoms with Crippen LogP contribution in [0, 0.1) is 0 Å². The number of nitrogens with zero attached hydrogens (tertiary/aromatic N) is 3. The van der Waals surface area contributed by atoms with Gasteiger partial charge in [0.15, 0.2) is 5.13 Å². The fraction of sp³-hybridized carbons (Fsp3) is 0.750. The molecular weight excluding hydrogens is 232 g/mol. The van der Waals surface area contributed by atoms with Gasteiger partial charge in [-0.2, -0.15) is 0 Å². The Morgan fingerprint density at radius 3 is 2.88 bits per heavy atom. The average Bonchev–Trinajstić information content (AvgIpc) is 2.86. The number of rotatable bonds is 5. The van der Waals surface area contributed by atoms with E-state index >= 15 is 0 Å². The second-order valence-electron chi connectivity index (χ2n) is 4.49. The van der Waals surface area contributed by atoms with Gasteiger partial charge in [-0.25, -0.2) is 4.98 Å². The zero-order valence-electron chi connectivity index (χ0n) is 10.8. The summed E-state index contributed by atoms with van der Waals surface area (Å²) in [5.74, 6) is 0. The average molecular weight is 254 g/mol. The van der Waals surface area contributed by atoms with E-state index in [1.54, 1.807) is 11.3 Å². The molecule has 1 aliphatic heterocycles. The van der Waals surface area contributed by atoms with Crippen LogP contribution in [0.2, 0.25) is 0 Å². The van der Waals surface area contributed by atoms with Crippen molar-refractivity contribution in [1.82, 2.24) is 15.2 Å². The molecule has 0 unspecified atom stereocenters. The number of anilines is 1.